The molecule has 0 saturated carbocycles. The summed E-state index contributed by atoms with van der Waals surface area (Å²) in [5.41, 5.74) is -0.447. The smallest absolute Gasteiger partial charge is 0.276 e. The van der Waals surface area contributed by atoms with Crippen LogP contribution in [0.2, 0.25) is 0 Å². The molecule has 3 rings (SSSR count). The van der Waals surface area contributed by atoms with Crippen molar-refractivity contribution in [1.82, 2.24) is 15.0 Å². The number of pyridine rings is 1. The monoisotopic (exact) mass is 359 g/mol. The zero-order valence-corrected chi connectivity index (χ0v) is 13.2. The normalized spacial score (nSPS) is 10.7. The number of nitrogens with zero attached hydrogens (tertiary/aromatic N) is 4. The summed E-state index contributed by atoms with van der Waals surface area (Å²) in [5.74, 6) is 0.157. The molecule has 25 heavy (non-hydrogen) atoms. The minimum Gasteiger partial charge on any atom is -0.301 e. The Balaban J connectivity index is 1.90. The van der Waals surface area contributed by atoms with E-state index in [1.54, 1.807) is 12.1 Å². The lowest BCUT2D eigenvalue weighted by molar-refractivity contribution is -0.394. The Hall–Kier alpha value is -3.34. The summed E-state index contributed by atoms with van der Waals surface area (Å²) in [5, 5.41) is 22.4. The fourth-order valence-corrected chi connectivity index (χ4v) is 2.91. The van der Waals surface area contributed by atoms with Crippen LogP contribution < -0.4 is 5.56 Å². The number of H-pyrrole nitrogens is 1. The standard InChI is InChI=1S/C14H9N5O5S/c20-13-11-2-1-3-15-12(11)16-14(17-13)25-7-8-4-9(18(21)22)6-10(5-8)19(23)24/h1-6H,7H2,(H,15,16,17,20). The number of hydrogen-bond acceptors (Lipinski definition) is 8. The van der Waals surface area contributed by atoms with E-state index in [-0.39, 0.29) is 33.5 Å². The summed E-state index contributed by atoms with van der Waals surface area (Å²) in [6.45, 7) is 0. The molecule has 0 spiro atoms. The van der Waals surface area contributed by atoms with Crippen LogP contribution >= 0.6 is 11.8 Å². The van der Waals surface area contributed by atoms with Gasteiger partial charge in [-0.3, -0.25) is 25.0 Å². The average molecular weight is 359 g/mol. The molecule has 0 radical (unpaired) electrons. The van der Waals surface area contributed by atoms with Crippen molar-refractivity contribution in [2.75, 3.05) is 0 Å². The summed E-state index contributed by atoms with van der Waals surface area (Å²) >= 11 is 1.09. The molecule has 1 aromatic carbocycles. The molecule has 2 aromatic heterocycles. The third-order valence-electron chi connectivity index (χ3n) is 3.22. The predicted octanol–water partition coefficient (Wildman–Crippen LogP) is 2.43. The van der Waals surface area contributed by atoms with Crippen molar-refractivity contribution < 1.29 is 9.85 Å². The second-order valence-electron chi connectivity index (χ2n) is 4.91. The lowest BCUT2D eigenvalue weighted by Gasteiger charge is -2.03. The van der Waals surface area contributed by atoms with Crippen LogP contribution in [-0.4, -0.2) is 24.8 Å². The molecule has 0 aliphatic rings. The fourth-order valence-electron chi connectivity index (χ4n) is 2.12. The Morgan fingerprint density at radius 2 is 1.80 bits per heavy atom. The van der Waals surface area contributed by atoms with Gasteiger partial charge in [0.1, 0.15) is 0 Å². The number of aromatic amines is 1. The summed E-state index contributed by atoms with van der Waals surface area (Å²) in [4.78, 5) is 43.2. The molecule has 0 saturated heterocycles. The SMILES string of the molecule is O=c1[nH]c(SCc2cc([N+](=O)[O-])cc([N+](=O)[O-])c2)nc2ncccc12. The second kappa shape index (κ2) is 6.65. The summed E-state index contributed by atoms with van der Waals surface area (Å²) in [6, 6.07) is 6.60. The Labute approximate surface area is 143 Å². The number of fused-ring (bicyclic) bond motifs is 1. The van der Waals surface area contributed by atoms with E-state index in [9.17, 15) is 25.0 Å². The fraction of sp³-hybridized carbons (Fsp3) is 0.0714. The number of nitrogens with one attached hydrogen (secondary N) is 1. The zero-order chi connectivity index (χ0) is 18.0. The lowest BCUT2D eigenvalue weighted by Crippen LogP contribution is -2.09. The molecule has 0 fully saturated rings. The van der Waals surface area contributed by atoms with Gasteiger partial charge in [0.25, 0.3) is 16.9 Å². The number of rotatable bonds is 5. The van der Waals surface area contributed by atoms with Crippen molar-refractivity contribution in [2.24, 2.45) is 0 Å². The number of hydrogen-bond donors (Lipinski definition) is 1. The highest BCUT2D eigenvalue weighted by Crippen LogP contribution is 2.27. The van der Waals surface area contributed by atoms with Crippen molar-refractivity contribution >= 4 is 34.2 Å². The summed E-state index contributed by atoms with van der Waals surface area (Å²) < 4.78 is 0. The second-order valence-corrected chi connectivity index (χ2v) is 5.87. The van der Waals surface area contributed by atoms with Crippen molar-refractivity contribution in [1.29, 1.82) is 0 Å². The van der Waals surface area contributed by atoms with Gasteiger partial charge in [-0.05, 0) is 17.7 Å². The van der Waals surface area contributed by atoms with Crippen LogP contribution in [0.1, 0.15) is 5.56 Å². The first-order valence-corrected chi connectivity index (χ1v) is 7.83. The van der Waals surface area contributed by atoms with Gasteiger partial charge < -0.3 is 4.98 Å². The minimum atomic E-state index is -0.693. The van der Waals surface area contributed by atoms with Crippen LogP contribution in [-0.2, 0) is 5.75 Å². The zero-order valence-electron chi connectivity index (χ0n) is 12.4. The van der Waals surface area contributed by atoms with Crippen molar-refractivity contribution in [3.05, 3.63) is 72.7 Å². The van der Waals surface area contributed by atoms with Crippen LogP contribution in [0.4, 0.5) is 11.4 Å². The van der Waals surface area contributed by atoms with E-state index in [4.69, 9.17) is 0 Å². The van der Waals surface area contributed by atoms with Crippen LogP contribution in [0.25, 0.3) is 11.0 Å². The molecule has 3 aromatic rings. The largest absolute Gasteiger partial charge is 0.301 e. The molecule has 10 nitrogen and oxygen atoms in total. The van der Waals surface area contributed by atoms with Gasteiger partial charge in [0, 0.05) is 24.1 Å². The average Bonchev–Trinajstić information content (AvgIpc) is 2.59. The van der Waals surface area contributed by atoms with Gasteiger partial charge in [0.15, 0.2) is 10.8 Å². The number of thioether (sulfide) groups is 1. The Kier molecular flexibility index (Phi) is 4.39. The van der Waals surface area contributed by atoms with E-state index >= 15 is 0 Å². The molecule has 11 heteroatoms. The van der Waals surface area contributed by atoms with Crippen LogP contribution in [0.5, 0.6) is 0 Å². The molecule has 2 heterocycles. The van der Waals surface area contributed by atoms with Crippen molar-refractivity contribution in [2.45, 2.75) is 10.9 Å². The van der Waals surface area contributed by atoms with Crippen molar-refractivity contribution in [3.8, 4) is 0 Å². The van der Waals surface area contributed by atoms with E-state index < -0.39 is 9.85 Å². The van der Waals surface area contributed by atoms with Gasteiger partial charge in [-0.2, -0.15) is 0 Å². The van der Waals surface area contributed by atoms with Crippen molar-refractivity contribution in [3.63, 3.8) is 0 Å². The third-order valence-corrected chi connectivity index (χ3v) is 4.16. The van der Waals surface area contributed by atoms with Crippen LogP contribution in [0.3, 0.4) is 0 Å². The number of aromatic nitrogens is 3. The number of nitro benzene ring substituents is 2. The number of benzene rings is 1. The maximum absolute atomic E-state index is 12.0. The van der Waals surface area contributed by atoms with Gasteiger partial charge in [-0.25, -0.2) is 9.97 Å². The molecule has 0 amide bonds. The van der Waals surface area contributed by atoms with Crippen LogP contribution in [0, 0.1) is 20.2 Å². The maximum atomic E-state index is 12.0. The Bertz CT molecular complexity index is 1020. The quantitative estimate of drug-likeness (QED) is 0.316. The molecule has 0 bridgehead atoms. The number of nitro groups is 2. The third kappa shape index (κ3) is 3.61. The highest BCUT2D eigenvalue weighted by Gasteiger charge is 2.16. The van der Waals surface area contributed by atoms with E-state index in [0.29, 0.717) is 10.9 Å². The topological polar surface area (TPSA) is 145 Å². The first-order chi connectivity index (χ1) is 11.9. The van der Waals surface area contributed by atoms with Crippen LogP contribution in [0.15, 0.2) is 46.5 Å². The lowest BCUT2D eigenvalue weighted by atomic mass is 10.2. The molecular formula is C14H9N5O5S. The summed E-state index contributed by atoms with van der Waals surface area (Å²) in [7, 11) is 0. The van der Waals surface area contributed by atoms with Gasteiger partial charge in [0.2, 0.25) is 0 Å². The van der Waals surface area contributed by atoms with E-state index in [1.165, 1.54) is 18.3 Å². The first-order valence-electron chi connectivity index (χ1n) is 6.84. The van der Waals surface area contributed by atoms with Gasteiger partial charge >= 0.3 is 0 Å². The molecule has 0 aliphatic heterocycles. The number of non-ortho nitro benzene ring substituents is 2. The summed E-state index contributed by atoms with van der Waals surface area (Å²) in [6.07, 6.45) is 1.51. The highest BCUT2D eigenvalue weighted by atomic mass is 32.2. The predicted molar refractivity (Wildman–Crippen MR) is 89.5 cm³/mol. The van der Waals surface area contributed by atoms with E-state index in [2.05, 4.69) is 15.0 Å². The molecule has 0 unspecified atom stereocenters. The maximum Gasteiger partial charge on any atom is 0.276 e. The molecular weight excluding hydrogens is 350 g/mol. The molecule has 0 aliphatic carbocycles. The van der Waals surface area contributed by atoms with E-state index in [0.717, 1.165) is 17.8 Å². The molecule has 0 atom stereocenters. The van der Waals surface area contributed by atoms with Gasteiger partial charge in [-0.15, -0.1) is 0 Å². The Morgan fingerprint density at radius 3 is 2.44 bits per heavy atom. The Morgan fingerprint density at radius 1 is 1.12 bits per heavy atom. The van der Waals surface area contributed by atoms with E-state index in [1.807, 2.05) is 0 Å². The molecule has 1 N–H and O–H groups in total. The minimum absolute atomic E-state index is 0.157. The van der Waals surface area contributed by atoms with Gasteiger partial charge in [-0.1, -0.05) is 11.8 Å². The first kappa shape index (κ1) is 16.5. The van der Waals surface area contributed by atoms with Gasteiger partial charge in [0.05, 0.1) is 21.3 Å². The highest BCUT2D eigenvalue weighted by molar-refractivity contribution is 7.98. The molecule has 126 valence electrons.